The second-order valence-corrected chi connectivity index (χ2v) is 7.45. The Balaban J connectivity index is 2.79. The number of rotatable bonds is 7. The average Bonchev–Trinajstić information content (AvgIpc) is 2.19. The molecule has 0 bridgehead atoms. The molecule has 1 atom stereocenters. The first-order chi connectivity index (χ1) is 8.74. The van der Waals surface area contributed by atoms with Gasteiger partial charge in [-0.15, -0.1) is 0 Å². The van der Waals surface area contributed by atoms with Crippen LogP contribution in [0.2, 0.25) is 0 Å². The lowest BCUT2D eigenvalue weighted by Crippen LogP contribution is -2.59. The van der Waals surface area contributed by atoms with E-state index in [0.29, 0.717) is 19.3 Å². The van der Waals surface area contributed by atoms with Gasteiger partial charge in [0.25, 0.3) is 0 Å². The van der Waals surface area contributed by atoms with Gasteiger partial charge in [0.15, 0.2) is 9.84 Å². The second-order valence-electron chi connectivity index (χ2n) is 5.13. The van der Waals surface area contributed by atoms with Crippen LogP contribution in [0.15, 0.2) is 0 Å². The standard InChI is InChI=1S/C12H21NO5S/c1-3-4-6-9(10(14)15)13-11(16)12(7-5-8-12)19(2,17)18/h9H,3-8H2,1-2H3,(H,13,16)(H,14,15)/t9-/m0/s1. The fourth-order valence-corrected chi connectivity index (χ4v) is 3.65. The molecule has 0 unspecified atom stereocenters. The molecular formula is C12H21NO5S. The van der Waals surface area contributed by atoms with Gasteiger partial charge in [-0.1, -0.05) is 19.8 Å². The minimum atomic E-state index is -3.52. The number of carbonyl (C=O) groups is 2. The third kappa shape index (κ3) is 3.26. The Kier molecular flexibility index (Phi) is 4.95. The minimum absolute atomic E-state index is 0.276. The Bertz CT molecular complexity index is 453. The van der Waals surface area contributed by atoms with Crippen LogP contribution in [0.25, 0.3) is 0 Å². The molecule has 0 radical (unpaired) electrons. The molecule has 0 aliphatic heterocycles. The zero-order chi connectivity index (χ0) is 14.7. The number of carboxylic acids is 1. The van der Waals surface area contributed by atoms with Crippen LogP contribution in [0, 0.1) is 0 Å². The summed E-state index contributed by atoms with van der Waals surface area (Å²) in [5.41, 5.74) is 0. The Hall–Kier alpha value is -1.11. The molecule has 0 aromatic rings. The molecule has 7 heteroatoms. The maximum absolute atomic E-state index is 12.1. The van der Waals surface area contributed by atoms with E-state index in [9.17, 15) is 18.0 Å². The topological polar surface area (TPSA) is 101 Å². The molecule has 1 aliphatic rings. The summed E-state index contributed by atoms with van der Waals surface area (Å²) in [6, 6.07) is -1.01. The van der Waals surface area contributed by atoms with Crippen LogP contribution in [0.5, 0.6) is 0 Å². The van der Waals surface area contributed by atoms with E-state index in [1.807, 2.05) is 6.92 Å². The first-order valence-corrected chi connectivity index (χ1v) is 8.37. The lowest BCUT2D eigenvalue weighted by molar-refractivity contribution is -0.142. The van der Waals surface area contributed by atoms with Crippen molar-refractivity contribution < 1.29 is 23.1 Å². The summed E-state index contributed by atoms with van der Waals surface area (Å²) < 4.78 is 22.1. The van der Waals surface area contributed by atoms with Crippen molar-refractivity contribution in [3.05, 3.63) is 0 Å². The van der Waals surface area contributed by atoms with Crippen molar-refractivity contribution in [3.63, 3.8) is 0 Å². The summed E-state index contributed by atoms with van der Waals surface area (Å²) in [5.74, 6) is -1.78. The SMILES string of the molecule is CCCC[C@H](NC(=O)C1(S(C)(=O)=O)CCC1)C(=O)O. The van der Waals surface area contributed by atoms with Gasteiger partial charge in [0, 0.05) is 6.26 Å². The molecular weight excluding hydrogens is 270 g/mol. The van der Waals surface area contributed by atoms with Gasteiger partial charge >= 0.3 is 5.97 Å². The number of unbranched alkanes of at least 4 members (excludes halogenated alkanes) is 1. The van der Waals surface area contributed by atoms with Crippen LogP contribution in [-0.2, 0) is 19.4 Å². The van der Waals surface area contributed by atoms with E-state index in [4.69, 9.17) is 5.11 Å². The van der Waals surface area contributed by atoms with Gasteiger partial charge in [-0.05, 0) is 25.7 Å². The first kappa shape index (κ1) is 15.9. The number of amides is 1. The minimum Gasteiger partial charge on any atom is -0.480 e. The van der Waals surface area contributed by atoms with E-state index in [-0.39, 0.29) is 12.8 Å². The molecule has 0 aromatic heterocycles. The molecule has 110 valence electrons. The summed E-state index contributed by atoms with van der Waals surface area (Å²) >= 11 is 0. The van der Waals surface area contributed by atoms with Crippen molar-refractivity contribution in [1.29, 1.82) is 0 Å². The molecule has 1 rings (SSSR count). The highest BCUT2D eigenvalue weighted by Gasteiger charge is 2.53. The lowest BCUT2D eigenvalue weighted by atomic mass is 9.83. The van der Waals surface area contributed by atoms with Gasteiger partial charge in [0.2, 0.25) is 5.91 Å². The number of hydrogen-bond acceptors (Lipinski definition) is 4. The predicted molar refractivity (Wildman–Crippen MR) is 70.5 cm³/mol. The van der Waals surface area contributed by atoms with E-state index in [2.05, 4.69) is 5.32 Å². The van der Waals surface area contributed by atoms with Crippen LogP contribution < -0.4 is 5.32 Å². The van der Waals surface area contributed by atoms with Crippen LogP contribution >= 0.6 is 0 Å². The monoisotopic (exact) mass is 291 g/mol. The molecule has 1 saturated carbocycles. The molecule has 0 spiro atoms. The number of sulfone groups is 1. The summed E-state index contributed by atoms with van der Waals surface area (Å²) in [6.45, 7) is 1.92. The van der Waals surface area contributed by atoms with Crippen LogP contribution in [0.4, 0.5) is 0 Å². The van der Waals surface area contributed by atoms with Gasteiger partial charge in [0.05, 0.1) is 0 Å². The third-order valence-electron chi connectivity index (χ3n) is 3.73. The maximum Gasteiger partial charge on any atom is 0.326 e. The van der Waals surface area contributed by atoms with Gasteiger partial charge < -0.3 is 10.4 Å². The van der Waals surface area contributed by atoms with E-state index in [1.54, 1.807) is 0 Å². The summed E-state index contributed by atoms with van der Waals surface area (Å²) in [7, 11) is -3.52. The third-order valence-corrected chi connectivity index (χ3v) is 5.75. The van der Waals surface area contributed by atoms with Crippen molar-refractivity contribution in [2.45, 2.75) is 56.2 Å². The average molecular weight is 291 g/mol. The van der Waals surface area contributed by atoms with Crippen molar-refractivity contribution in [2.75, 3.05) is 6.26 Å². The fourth-order valence-electron chi connectivity index (χ4n) is 2.22. The summed E-state index contributed by atoms with van der Waals surface area (Å²) in [5, 5.41) is 11.4. The molecule has 6 nitrogen and oxygen atoms in total. The van der Waals surface area contributed by atoms with Gasteiger partial charge in [-0.3, -0.25) is 4.79 Å². The Morgan fingerprint density at radius 1 is 1.37 bits per heavy atom. The van der Waals surface area contributed by atoms with Gasteiger partial charge in [0.1, 0.15) is 10.8 Å². The predicted octanol–water partition coefficient (Wildman–Crippen LogP) is 0.713. The molecule has 0 saturated heterocycles. The Morgan fingerprint density at radius 2 is 1.95 bits per heavy atom. The fraction of sp³-hybridized carbons (Fsp3) is 0.833. The summed E-state index contributed by atoms with van der Waals surface area (Å²) in [4.78, 5) is 23.2. The summed E-state index contributed by atoms with van der Waals surface area (Å²) in [6.07, 6.45) is 4.06. The number of nitrogens with one attached hydrogen (secondary N) is 1. The smallest absolute Gasteiger partial charge is 0.326 e. The zero-order valence-corrected chi connectivity index (χ0v) is 12.1. The molecule has 0 heterocycles. The molecule has 1 amide bonds. The Labute approximate surface area is 113 Å². The first-order valence-electron chi connectivity index (χ1n) is 6.48. The molecule has 2 N–H and O–H groups in total. The molecule has 0 aromatic carbocycles. The van der Waals surface area contributed by atoms with E-state index in [1.165, 1.54) is 0 Å². The second kappa shape index (κ2) is 5.90. The molecule has 19 heavy (non-hydrogen) atoms. The highest BCUT2D eigenvalue weighted by atomic mass is 32.2. The molecule has 1 fully saturated rings. The number of carboxylic acid groups (broad SMARTS) is 1. The van der Waals surface area contributed by atoms with Crippen molar-refractivity contribution in [2.24, 2.45) is 0 Å². The lowest BCUT2D eigenvalue weighted by Gasteiger charge is -2.38. The van der Waals surface area contributed by atoms with E-state index < -0.39 is 32.5 Å². The number of aliphatic carboxylic acids is 1. The van der Waals surface area contributed by atoms with E-state index in [0.717, 1.165) is 12.7 Å². The highest BCUT2D eigenvalue weighted by Crippen LogP contribution is 2.39. The van der Waals surface area contributed by atoms with Gasteiger partial charge in [-0.2, -0.15) is 0 Å². The van der Waals surface area contributed by atoms with Crippen molar-refractivity contribution in [1.82, 2.24) is 5.32 Å². The zero-order valence-electron chi connectivity index (χ0n) is 11.3. The molecule has 1 aliphatic carbocycles. The Morgan fingerprint density at radius 3 is 2.26 bits per heavy atom. The number of hydrogen-bond donors (Lipinski definition) is 2. The van der Waals surface area contributed by atoms with Crippen LogP contribution in [0.3, 0.4) is 0 Å². The number of carbonyl (C=O) groups excluding carboxylic acids is 1. The highest BCUT2D eigenvalue weighted by molar-refractivity contribution is 7.93. The van der Waals surface area contributed by atoms with Crippen LogP contribution in [-0.4, -0.2) is 42.4 Å². The maximum atomic E-state index is 12.1. The van der Waals surface area contributed by atoms with Crippen molar-refractivity contribution >= 4 is 21.7 Å². The largest absolute Gasteiger partial charge is 0.480 e. The van der Waals surface area contributed by atoms with Crippen LogP contribution in [0.1, 0.15) is 45.4 Å². The quantitative estimate of drug-likeness (QED) is 0.719. The van der Waals surface area contributed by atoms with Gasteiger partial charge in [-0.25, -0.2) is 13.2 Å². The van der Waals surface area contributed by atoms with E-state index >= 15 is 0 Å². The normalized spacial score (nSPS) is 19.3. The van der Waals surface area contributed by atoms with Crippen molar-refractivity contribution in [3.8, 4) is 0 Å².